The first-order valence-corrected chi connectivity index (χ1v) is 10.5. The van der Waals surface area contributed by atoms with Crippen LogP contribution in [0.5, 0.6) is 0 Å². The SMILES string of the molecule is CCN[Si](NCC)(C1CCCCC1)C(C)(C)C(C)C. The van der Waals surface area contributed by atoms with Crippen LogP contribution in [-0.4, -0.2) is 21.5 Å². The van der Waals surface area contributed by atoms with E-state index in [-0.39, 0.29) is 0 Å². The van der Waals surface area contributed by atoms with Gasteiger partial charge in [0.1, 0.15) is 0 Å². The molecule has 114 valence electrons. The summed E-state index contributed by atoms with van der Waals surface area (Å²) in [7, 11) is -1.69. The molecule has 0 aromatic carbocycles. The third-order valence-corrected chi connectivity index (χ3v) is 11.8. The van der Waals surface area contributed by atoms with Crippen LogP contribution in [0.15, 0.2) is 0 Å². The van der Waals surface area contributed by atoms with E-state index >= 15 is 0 Å². The summed E-state index contributed by atoms with van der Waals surface area (Å²) in [5.74, 6) is 0.721. The summed E-state index contributed by atoms with van der Waals surface area (Å²) >= 11 is 0. The van der Waals surface area contributed by atoms with Crippen molar-refractivity contribution in [3.05, 3.63) is 0 Å². The highest BCUT2D eigenvalue weighted by Gasteiger charge is 2.53. The van der Waals surface area contributed by atoms with Crippen LogP contribution >= 0.6 is 0 Å². The van der Waals surface area contributed by atoms with Crippen molar-refractivity contribution in [3.63, 3.8) is 0 Å². The van der Waals surface area contributed by atoms with E-state index in [4.69, 9.17) is 0 Å². The first-order chi connectivity index (χ1) is 8.92. The number of hydrogen-bond donors (Lipinski definition) is 2. The first kappa shape index (κ1) is 17.2. The van der Waals surface area contributed by atoms with Gasteiger partial charge in [0.2, 0.25) is 8.40 Å². The summed E-state index contributed by atoms with van der Waals surface area (Å²) < 4.78 is 0. The molecule has 1 rings (SSSR count). The molecule has 1 aliphatic carbocycles. The Hall–Kier alpha value is 0.137. The van der Waals surface area contributed by atoms with E-state index in [1.807, 2.05) is 0 Å². The van der Waals surface area contributed by atoms with Crippen LogP contribution in [0.3, 0.4) is 0 Å². The lowest BCUT2D eigenvalue weighted by atomic mass is 9.98. The molecule has 2 nitrogen and oxygen atoms in total. The van der Waals surface area contributed by atoms with Crippen molar-refractivity contribution in [3.8, 4) is 0 Å². The van der Waals surface area contributed by atoms with Crippen molar-refractivity contribution in [1.82, 2.24) is 9.96 Å². The third-order valence-electron chi connectivity index (χ3n) is 5.59. The van der Waals surface area contributed by atoms with Crippen molar-refractivity contribution in [1.29, 1.82) is 0 Å². The average molecular weight is 285 g/mol. The summed E-state index contributed by atoms with van der Waals surface area (Å²) in [6, 6.07) is 0. The largest absolute Gasteiger partial charge is 0.325 e. The van der Waals surface area contributed by atoms with Crippen LogP contribution in [0, 0.1) is 5.92 Å². The maximum atomic E-state index is 4.02. The molecule has 1 aliphatic rings. The Kier molecular flexibility index (Phi) is 6.54. The molecule has 0 aromatic heterocycles. The summed E-state index contributed by atoms with van der Waals surface area (Å²) in [4.78, 5) is 8.03. The summed E-state index contributed by atoms with van der Waals surface area (Å²) in [5.41, 5.74) is 0.901. The van der Waals surface area contributed by atoms with Gasteiger partial charge in [-0.2, -0.15) is 0 Å². The van der Waals surface area contributed by atoms with Crippen LogP contribution in [-0.2, 0) is 0 Å². The molecule has 0 bridgehead atoms. The standard InChI is InChI=1S/C16H36N2Si/c1-7-17-19(18-8-2,16(5,6)14(3)4)15-12-10-9-11-13-15/h14-15,17-18H,7-13H2,1-6H3. The van der Waals surface area contributed by atoms with E-state index < -0.39 is 8.40 Å². The minimum Gasteiger partial charge on any atom is -0.325 e. The van der Waals surface area contributed by atoms with Gasteiger partial charge < -0.3 is 9.96 Å². The van der Waals surface area contributed by atoms with E-state index in [1.54, 1.807) is 0 Å². The lowest BCUT2D eigenvalue weighted by molar-refractivity contribution is 0.396. The topological polar surface area (TPSA) is 24.1 Å². The summed E-state index contributed by atoms with van der Waals surface area (Å²) in [6.45, 7) is 16.6. The van der Waals surface area contributed by atoms with E-state index in [1.165, 1.54) is 32.1 Å². The molecule has 0 saturated heterocycles. The minimum absolute atomic E-state index is 0.390. The van der Waals surface area contributed by atoms with Gasteiger partial charge in [-0.15, -0.1) is 0 Å². The molecule has 0 atom stereocenters. The quantitative estimate of drug-likeness (QED) is 0.676. The van der Waals surface area contributed by atoms with Gasteiger partial charge in [-0.25, -0.2) is 0 Å². The zero-order valence-corrected chi connectivity index (χ0v) is 15.1. The second kappa shape index (κ2) is 7.23. The summed E-state index contributed by atoms with van der Waals surface area (Å²) in [5, 5.41) is 0.390. The Morgan fingerprint density at radius 2 is 1.47 bits per heavy atom. The van der Waals surface area contributed by atoms with Crippen LogP contribution in [0.2, 0.25) is 10.6 Å². The number of hydrogen-bond acceptors (Lipinski definition) is 2. The maximum absolute atomic E-state index is 4.02. The highest BCUT2D eigenvalue weighted by molar-refractivity contribution is 6.79. The molecule has 0 radical (unpaired) electrons. The highest BCUT2D eigenvalue weighted by atomic mass is 28.3. The lowest BCUT2D eigenvalue weighted by Gasteiger charge is -2.53. The smallest absolute Gasteiger partial charge is 0.210 e. The van der Waals surface area contributed by atoms with Crippen molar-refractivity contribution in [2.24, 2.45) is 5.92 Å². The van der Waals surface area contributed by atoms with Crippen molar-refractivity contribution in [2.75, 3.05) is 13.1 Å². The second-order valence-electron chi connectivity index (χ2n) is 7.08. The lowest BCUT2D eigenvalue weighted by Crippen LogP contribution is -2.72. The van der Waals surface area contributed by atoms with Crippen molar-refractivity contribution < 1.29 is 0 Å². The third kappa shape index (κ3) is 3.42. The van der Waals surface area contributed by atoms with E-state index in [9.17, 15) is 0 Å². The Bertz CT molecular complexity index is 251. The fourth-order valence-corrected chi connectivity index (χ4v) is 9.85. The molecule has 1 saturated carbocycles. The first-order valence-electron chi connectivity index (χ1n) is 8.42. The molecule has 19 heavy (non-hydrogen) atoms. The maximum Gasteiger partial charge on any atom is 0.210 e. The Labute approximate surface area is 122 Å². The van der Waals surface area contributed by atoms with Gasteiger partial charge in [0, 0.05) is 0 Å². The summed E-state index contributed by atoms with van der Waals surface area (Å²) in [6.07, 6.45) is 7.18. The molecule has 0 aliphatic heterocycles. The van der Waals surface area contributed by atoms with Crippen LogP contribution in [0.25, 0.3) is 0 Å². The normalized spacial score (nSPS) is 19.1. The van der Waals surface area contributed by atoms with Gasteiger partial charge in [0.15, 0.2) is 0 Å². The Balaban J connectivity index is 3.11. The fraction of sp³-hybridized carbons (Fsp3) is 1.00. The van der Waals surface area contributed by atoms with Crippen molar-refractivity contribution >= 4 is 8.40 Å². The van der Waals surface area contributed by atoms with Crippen LogP contribution in [0.1, 0.15) is 73.6 Å². The highest BCUT2D eigenvalue weighted by Crippen LogP contribution is 2.50. The zero-order chi connectivity index (χ0) is 14.5. The van der Waals surface area contributed by atoms with Crippen molar-refractivity contribution in [2.45, 2.75) is 84.2 Å². The van der Waals surface area contributed by atoms with Crippen LogP contribution in [0.4, 0.5) is 0 Å². The van der Waals surface area contributed by atoms with Gasteiger partial charge in [0.25, 0.3) is 0 Å². The minimum atomic E-state index is -1.69. The molecule has 3 heteroatoms. The van der Waals surface area contributed by atoms with E-state index in [0.29, 0.717) is 5.04 Å². The second-order valence-corrected chi connectivity index (χ2v) is 11.5. The monoisotopic (exact) mass is 284 g/mol. The molecule has 0 unspecified atom stereocenters. The number of rotatable bonds is 7. The molecular weight excluding hydrogens is 248 g/mol. The van der Waals surface area contributed by atoms with Gasteiger partial charge in [0.05, 0.1) is 0 Å². The zero-order valence-electron chi connectivity index (χ0n) is 14.1. The van der Waals surface area contributed by atoms with Gasteiger partial charge >= 0.3 is 0 Å². The Morgan fingerprint density at radius 3 is 1.84 bits per heavy atom. The van der Waals surface area contributed by atoms with Gasteiger partial charge in [-0.05, 0) is 29.6 Å². The van der Waals surface area contributed by atoms with Crippen LogP contribution < -0.4 is 9.96 Å². The predicted octanol–water partition coefficient (Wildman–Crippen LogP) is 4.42. The van der Waals surface area contributed by atoms with E-state index in [0.717, 1.165) is 24.5 Å². The number of nitrogens with one attached hydrogen (secondary N) is 2. The molecule has 2 N–H and O–H groups in total. The molecule has 0 heterocycles. The van der Waals surface area contributed by atoms with E-state index in [2.05, 4.69) is 51.5 Å². The van der Waals surface area contributed by atoms with Gasteiger partial charge in [-0.3, -0.25) is 0 Å². The fourth-order valence-electron chi connectivity index (χ4n) is 3.88. The average Bonchev–Trinajstić information content (AvgIpc) is 2.39. The molecule has 1 fully saturated rings. The molecular formula is C16H36N2Si. The predicted molar refractivity (Wildman–Crippen MR) is 88.8 cm³/mol. The van der Waals surface area contributed by atoms with Gasteiger partial charge in [-0.1, -0.05) is 73.6 Å². The molecule has 0 spiro atoms. The molecule has 0 amide bonds. The Morgan fingerprint density at radius 1 is 1.00 bits per heavy atom. The molecule has 0 aromatic rings.